The minimum atomic E-state index is -1.10. The van der Waals surface area contributed by atoms with Crippen LogP contribution in [-0.4, -0.2) is 50.5 Å². The van der Waals surface area contributed by atoms with Gasteiger partial charge in [-0.1, -0.05) is 26.2 Å². The number of rotatable bonds is 7. The van der Waals surface area contributed by atoms with Gasteiger partial charge in [0.05, 0.1) is 6.54 Å². The Balaban J connectivity index is 1.59. The number of halogens is 1. The zero-order valence-electron chi connectivity index (χ0n) is 19.1. The quantitative estimate of drug-likeness (QED) is 0.669. The molecule has 0 spiro atoms. The number of nitrogens with one attached hydrogen (secondary N) is 2. The first-order valence-electron chi connectivity index (χ1n) is 11.6. The van der Waals surface area contributed by atoms with Crippen molar-refractivity contribution in [2.75, 3.05) is 11.9 Å². The van der Waals surface area contributed by atoms with Gasteiger partial charge in [-0.2, -0.15) is 5.10 Å². The van der Waals surface area contributed by atoms with Crippen molar-refractivity contribution in [2.24, 2.45) is 0 Å². The highest BCUT2D eigenvalue weighted by Gasteiger charge is 2.48. The van der Waals surface area contributed by atoms with E-state index in [1.807, 2.05) is 6.92 Å². The van der Waals surface area contributed by atoms with E-state index in [9.17, 15) is 18.8 Å². The molecule has 2 aromatic rings. The lowest BCUT2D eigenvalue weighted by Gasteiger charge is -2.43. The molecule has 1 aliphatic carbocycles. The third-order valence-corrected chi connectivity index (χ3v) is 6.55. The van der Waals surface area contributed by atoms with E-state index in [4.69, 9.17) is 0 Å². The summed E-state index contributed by atoms with van der Waals surface area (Å²) in [5.41, 5.74) is -0.331. The molecule has 2 N–H and O–H groups in total. The summed E-state index contributed by atoms with van der Waals surface area (Å²) in [6, 6.07) is 6.98. The molecular weight excluding hydrogens is 425 g/mol. The fraction of sp³-hybridized carbons (Fsp3) is 0.500. The molecule has 176 valence electrons. The number of unbranched alkanes of at least 4 members (excludes halogenated alkanes) is 1. The van der Waals surface area contributed by atoms with Crippen LogP contribution in [0.5, 0.6) is 0 Å². The minimum absolute atomic E-state index is 0.0681. The third kappa shape index (κ3) is 4.62. The lowest BCUT2D eigenvalue weighted by molar-refractivity contribution is -0.133. The molecule has 1 aromatic carbocycles. The van der Waals surface area contributed by atoms with Crippen molar-refractivity contribution < 1.29 is 18.8 Å². The lowest BCUT2D eigenvalue weighted by atomic mass is 9.94. The number of amides is 3. The van der Waals surface area contributed by atoms with Crippen LogP contribution >= 0.6 is 0 Å². The molecule has 0 radical (unpaired) electrons. The Morgan fingerprint density at radius 3 is 2.58 bits per heavy atom. The Morgan fingerprint density at radius 2 is 1.91 bits per heavy atom. The highest BCUT2D eigenvalue weighted by Crippen LogP contribution is 2.29. The second kappa shape index (κ2) is 9.33. The summed E-state index contributed by atoms with van der Waals surface area (Å²) in [6.07, 6.45) is 5.74. The number of hydrogen-bond donors (Lipinski definition) is 2. The standard InChI is InChI=1S/C24H30FN5O3/c1-3-4-13-29-22(32)20-14-19(21(31)26-18-11-9-16(25)10-12-18)28-30(20)15-24(29,2)23(33)27-17-7-5-6-8-17/h9-12,14,17H,3-8,13,15H2,1-2H3,(H,26,31)(H,27,33)/t24-/m0/s1. The Hall–Kier alpha value is -3.23. The van der Waals surface area contributed by atoms with Gasteiger partial charge in [-0.05, 0) is 50.5 Å². The second-order valence-corrected chi connectivity index (χ2v) is 9.07. The molecule has 9 heteroatoms. The van der Waals surface area contributed by atoms with E-state index in [-0.39, 0.29) is 35.8 Å². The van der Waals surface area contributed by atoms with E-state index in [2.05, 4.69) is 15.7 Å². The molecule has 1 aromatic heterocycles. The van der Waals surface area contributed by atoms with Crippen LogP contribution in [0.1, 0.15) is 73.3 Å². The predicted molar refractivity (Wildman–Crippen MR) is 121 cm³/mol. The molecule has 1 saturated carbocycles. The van der Waals surface area contributed by atoms with Gasteiger partial charge in [0.1, 0.15) is 17.1 Å². The van der Waals surface area contributed by atoms with Gasteiger partial charge in [-0.3, -0.25) is 19.1 Å². The fourth-order valence-corrected chi connectivity index (χ4v) is 4.56. The highest BCUT2D eigenvalue weighted by atomic mass is 19.1. The van der Waals surface area contributed by atoms with Gasteiger partial charge < -0.3 is 15.5 Å². The Bertz CT molecular complexity index is 1040. The molecule has 4 rings (SSSR count). The molecule has 0 saturated heterocycles. The number of aromatic nitrogens is 2. The summed E-state index contributed by atoms with van der Waals surface area (Å²) < 4.78 is 14.6. The number of carbonyl (C=O) groups excluding carboxylic acids is 3. The number of carbonyl (C=O) groups is 3. The van der Waals surface area contributed by atoms with E-state index in [0.29, 0.717) is 12.2 Å². The normalized spacial score (nSPS) is 20.6. The fourth-order valence-electron chi connectivity index (χ4n) is 4.56. The van der Waals surface area contributed by atoms with E-state index in [0.717, 1.165) is 38.5 Å². The number of fused-ring (bicyclic) bond motifs is 1. The Morgan fingerprint density at radius 1 is 1.21 bits per heavy atom. The van der Waals surface area contributed by atoms with E-state index < -0.39 is 17.3 Å². The zero-order chi connectivity index (χ0) is 23.6. The zero-order valence-corrected chi connectivity index (χ0v) is 19.1. The maximum Gasteiger partial charge on any atom is 0.276 e. The molecular formula is C24H30FN5O3. The first kappa shape index (κ1) is 22.9. The van der Waals surface area contributed by atoms with Crippen LogP contribution in [0.3, 0.4) is 0 Å². The van der Waals surface area contributed by atoms with Crippen LogP contribution in [0.4, 0.5) is 10.1 Å². The van der Waals surface area contributed by atoms with E-state index in [1.165, 1.54) is 35.0 Å². The lowest BCUT2D eigenvalue weighted by Crippen LogP contribution is -2.65. The summed E-state index contributed by atoms with van der Waals surface area (Å²) in [5, 5.41) is 10.1. The summed E-state index contributed by atoms with van der Waals surface area (Å²) in [4.78, 5) is 41.1. The van der Waals surface area contributed by atoms with Crippen molar-refractivity contribution >= 4 is 23.4 Å². The molecule has 2 aliphatic rings. The van der Waals surface area contributed by atoms with Gasteiger partial charge in [0.25, 0.3) is 11.8 Å². The van der Waals surface area contributed by atoms with Crippen LogP contribution in [0.15, 0.2) is 30.3 Å². The Labute approximate surface area is 192 Å². The van der Waals surface area contributed by atoms with Gasteiger partial charge in [0.15, 0.2) is 5.69 Å². The van der Waals surface area contributed by atoms with Crippen molar-refractivity contribution in [2.45, 2.75) is 70.5 Å². The molecule has 8 nitrogen and oxygen atoms in total. The maximum absolute atomic E-state index is 13.4. The van der Waals surface area contributed by atoms with Crippen molar-refractivity contribution in [3.63, 3.8) is 0 Å². The monoisotopic (exact) mass is 455 g/mol. The van der Waals surface area contributed by atoms with Crippen LogP contribution in [0.2, 0.25) is 0 Å². The molecule has 3 amide bonds. The molecule has 2 heterocycles. The van der Waals surface area contributed by atoms with Crippen molar-refractivity contribution in [1.82, 2.24) is 20.0 Å². The summed E-state index contributed by atoms with van der Waals surface area (Å²) in [6.45, 7) is 4.42. The SMILES string of the molecule is CCCCN1C(=O)c2cc(C(=O)Nc3ccc(F)cc3)nn2C[C@@]1(C)C(=O)NC1CCCC1. The average Bonchev–Trinajstić information content (AvgIpc) is 3.45. The van der Waals surface area contributed by atoms with Crippen LogP contribution in [0, 0.1) is 5.82 Å². The Kier molecular flexibility index (Phi) is 6.49. The summed E-state index contributed by atoms with van der Waals surface area (Å²) >= 11 is 0. The predicted octanol–water partition coefficient (Wildman–Crippen LogP) is 3.35. The van der Waals surface area contributed by atoms with Crippen molar-refractivity contribution in [3.05, 3.63) is 47.5 Å². The van der Waals surface area contributed by atoms with E-state index in [1.54, 1.807) is 11.8 Å². The molecule has 1 fully saturated rings. The van der Waals surface area contributed by atoms with Crippen LogP contribution in [-0.2, 0) is 11.3 Å². The first-order valence-corrected chi connectivity index (χ1v) is 11.6. The topological polar surface area (TPSA) is 96.3 Å². The molecule has 1 aliphatic heterocycles. The minimum Gasteiger partial charge on any atom is -0.351 e. The molecule has 0 unspecified atom stereocenters. The third-order valence-electron chi connectivity index (χ3n) is 6.55. The van der Waals surface area contributed by atoms with Crippen LogP contribution < -0.4 is 10.6 Å². The molecule has 0 bridgehead atoms. The van der Waals surface area contributed by atoms with Gasteiger partial charge in [0, 0.05) is 24.3 Å². The smallest absolute Gasteiger partial charge is 0.276 e. The second-order valence-electron chi connectivity index (χ2n) is 9.07. The largest absolute Gasteiger partial charge is 0.351 e. The van der Waals surface area contributed by atoms with E-state index >= 15 is 0 Å². The highest BCUT2D eigenvalue weighted by molar-refractivity contribution is 6.05. The molecule has 33 heavy (non-hydrogen) atoms. The van der Waals surface area contributed by atoms with Gasteiger partial charge in [-0.15, -0.1) is 0 Å². The summed E-state index contributed by atoms with van der Waals surface area (Å²) in [7, 11) is 0. The number of nitrogens with zero attached hydrogens (tertiary/aromatic N) is 3. The van der Waals surface area contributed by atoms with Gasteiger partial charge >= 0.3 is 0 Å². The van der Waals surface area contributed by atoms with Crippen molar-refractivity contribution in [1.29, 1.82) is 0 Å². The number of hydrogen-bond acceptors (Lipinski definition) is 4. The van der Waals surface area contributed by atoms with Gasteiger partial charge in [0.2, 0.25) is 5.91 Å². The van der Waals surface area contributed by atoms with Crippen LogP contribution in [0.25, 0.3) is 0 Å². The number of anilines is 1. The number of benzene rings is 1. The van der Waals surface area contributed by atoms with Gasteiger partial charge in [-0.25, -0.2) is 4.39 Å². The maximum atomic E-state index is 13.4. The molecule has 1 atom stereocenters. The average molecular weight is 456 g/mol. The summed E-state index contributed by atoms with van der Waals surface area (Å²) in [5.74, 6) is -1.41. The van der Waals surface area contributed by atoms with Crippen molar-refractivity contribution in [3.8, 4) is 0 Å². The first-order chi connectivity index (χ1) is 15.8.